The molecule has 0 aliphatic rings. The van der Waals surface area contributed by atoms with Gasteiger partial charge in [0.15, 0.2) is 0 Å². The third-order valence-corrected chi connectivity index (χ3v) is 3.55. The average Bonchev–Trinajstić information content (AvgIpc) is 2.41. The number of benzene rings is 1. The van der Waals surface area contributed by atoms with Gasteiger partial charge in [-0.3, -0.25) is 9.53 Å². The van der Waals surface area contributed by atoms with Crippen molar-refractivity contribution >= 4 is 5.91 Å². The van der Waals surface area contributed by atoms with E-state index in [0.717, 1.165) is 0 Å². The fourth-order valence-electron chi connectivity index (χ4n) is 2.32. The molecule has 3 N–H and O–H groups in total. The molecule has 4 nitrogen and oxygen atoms in total. The highest BCUT2D eigenvalue weighted by Crippen LogP contribution is 2.36. The molecule has 0 radical (unpaired) electrons. The van der Waals surface area contributed by atoms with Crippen LogP contribution < -0.4 is 5.73 Å². The third-order valence-electron chi connectivity index (χ3n) is 3.55. The summed E-state index contributed by atoms with van der Waals surface area (Å²) in [7, 11) is 0. The van der Waals surface area contributed by atoms with Crippen molar-refractivity contribution in [3.8, 4) is 0 Å². The number of alkyl halides is 3. The van der Waals surface area contributed by atoms with Gasteiger partial charge in [-0.25, -0.2) is 0 Å². The summed E-state index contributed by atoms with van der Waals surface area (Å²) in [5.74, 6) is -2.03. The third kappa shape index (κ3) is 6.19. The van der Waals surface area contributed by atoms with Crippen LogP contribution in [-0.2, 0) is 9.53 Å². The van der Waals surface area contributed by atoms with Gasteiger partial charge in [-0.1, -0.05) is 51.1 Å². The van der Waals surface area contributed by atoms with E-state index in [-0.39, 0.29) is 12.0 Å². The quantitative estimate of drug-likeness (QED) is 0.840. The molecule has 0 aliphatic carbocycles. The lowest BCUT2D eigenvalue weighted by molar-refractivity contribution is -0.346. The van der Waals surface area contributed by atoms with Crippen LogP contribution in [0, 0.1) is 11.3 Å². The van der Waals surface area contributed by atoms with Crippen LogP contribution in [0.4, 0.5) is 13.2 Å². The number of rotatable bonds is 6. The number of carbonyl (C=O) groups is 1. The molecule has 0 saturated heterocycles. The summed E-state index contributed by atoms with van der Waals surface area (Å²) in [6, 6.07) is 7.74. The largest absolute Gasteiger partial charge is 0.523 e. The summed E-state index contributed by atoms with van der Waals surface area (Å²) < 4.78 is 42.2. The Balaban J connectivity index is 3.09. The van der Waals surface area contributed by atoms with Gasteiger partial charge in [0.2, 0.25) is 5.91 Å². The van der Waals surface area contributed by atoms with E-state index >= 15 is 0 Å². The molecule has 3 atom stereocenters. The van der Waals surface area contributed by atoms with Gasteiger partial charge in [-0.15, -0.1) is 13.2 Å². The van der Waals surface area contributed by atoms with E-state index in [1.54, 1.807) is 39.0 Å². The van der Waals surface area contributed by atoms with Crippen LogP contribution >= 0.6 is 0 Å². The summed E-state index contributed by atoms with van der Waals surface area (Å²) in [6.45, 7) is 5.03. The number of primary amides is 1. The summed E-state index contributed by atoms with van der Waals surface area (Å²) in [5.41, 5.74) is 4.84. The lowest BCUT2D eigenvalue weighted by Gasteiger charge is -2.33. The first-order chi connectivity index (χ1) is 10.4. The lowest BCUT2D eigenvalue weighted by Crippen LogP contribution is -2.42. The Morgan fingerprint density at radius 1 is 1.22 bits per heavy atom. The van der Waals surface area contributed by atoms with Crippen LogP contribution in [0.1, 0.15) is 38.9 Å². The average molecular weight is 333 g/mol. The van der Waals surface area contributed by atoms with Crippen molar-refractivity contribution in [2.24, 2.45) is 17.1 Å². The number of aliphatic hydroxyl groups excluding tert-OH is 1. The first-order valence-corrected chi connectivity index (χ1v) is 7.18. The van der Waals surface area contributed by atoms with Crippen molar-refractivity contribution in [3.63, 3.8) is 0 Å². The Hall–Kier alpha value is -1.60. The Kier molecular flexibility index (Phi) is 6.18. The van der Waals surface area contributed by atoms with Crippen LogP contribution in [0.25, 0.3) is 0 Å². The molecule has 2 unspecified atom stereocenters. The van der Waals surface area contributed by atoms with Crippen LogP contribution in [0.3, 0.4) is 0 Å². The Labute approximate surface area is 133 Å². The predicted octanol–water partition coefficient (Wildman–Crippen LogP) is 3.16. The van der Waals surface area contributed by atoms with E-state index in [9.17, 15) is 23.1 Å². The minimum Gasteiger partial charge on any atom is -0.392 e. The summed E-state index contributed by atoms with van der Waals surface area (Å²) in [4.78, 5) is 11.6. The maximum atomic E-state index is 12.7. The summed E-state index contributed by atoms with van der Waals surface area (Å²) in [5, 5.41) is 10.3. The van der Waals surface area contributed by atoms with E-state index < -0.39 is 35.8 Å². The smallest absolute Gasteiger partial charge is 0.392 e. The zero-order valence-electron chi connectivity index (χ0n) is 13.3. The molecule has 7 heteroatoms. The number of amides is 1. The Bertz CT molecular complexity index is 512. The number of nitrogens with two attached hydrogens (primary N) is 1. The number of carbonyl (C=O) groups excluding carboxylic acids is 1. The highest BCUT2D eigenvalue weighted by atomic mass is 19.4. The normalized spacial score (nSPS) is 16.7. The molecule has 130 valence electrons. The van der Waals surface area contributed by atoms with Gasteiger partial charge in [-0.2, -0.15) is 0 Å². The van der Waals surface area contributed by atoms with Gasteiger partial charge < -0.3 is 10.8 Å². The standard InChI is InChI=1S/C16H22F3NO3/c1-15(2,3)13(21)11(14(20)22)9-12(23-16(17,18)19)10-7-5-4-6-8-10/h4-8,11-13,21H,9H2,1-3H3,(H2,20,22)/t11?,12?,13-/m1/s1. The molecule has 0 spiro atoms. The molecular formula is C16H22F3NO3. The fourth-order valence-corrected chi connectivity index (χ4v) is 2.32. The zero-order chi connectivity index (χ0) is 17.8. The predicted molar refractivity (Wildman–Crippen MR) is 79.1 cm³/mol. The summed E-state index contributed by atoms with van der Waals surface area (Å²) >= 11 is 0. The SMILES string of the molecule is CC(C)(C)[C@H](O)C(CC(OC(F)(F)F)c1ccccc1)C(N)=O. The second-order valence-electron chi connectivity index (χ2n) is 6.52. The minimum absolute atomic E-state index is 0.261. The molecule has 0 bridgehead atoms. The highest BCUT2D eigenvalue weighted by molar-refractivity contribution is 5.77. The van der Waals surface area contributed by atoms with Crippen molar-refractivity contribution < 1.29 is 27.8 Å². The van der Waals surface area contributed by atoms with Gasteiger partial charge >= 0.3 is 6.36 Å². The van der Waals surface area contributed by atoms with Crippen molar-refractivity contribution in [1.29, 1.82) is 0 Å². The highest BCUT2D eigenvalue weighted by Gasteiger charge is 2.40. The molecule has 1 aromatic carbocycles. The molecule has 0 saturated carbocycles. The summed E-state index contributed by atoms with van der Waals surface area (Å²) in [6.07, 6.45) is -7.85. The Morgan fingerprint density at radius 2 is 1.74 bits per heavy atom. The second kappa shape index (κ2) is 7.31. The fraction of sp³-hybridized carbons (Fsp3) is 0.562. The molecule has 1 amide bonds. The van der Waals surface area contributed by atoms with Gasteiger partial charge in [0.05, 0.1) is 18.1 Å². The zero-order valence-corrected chi connectivity index (χ0v) is 13.3. The molecular weight excluding hydrogens is 311 g/mol. The maximum absolute atomic E-state index is 12.7. The molecule has 23 heavy (non-hydrogen) atoms. The molecule has 1 rings (SSSR count). The molecule has 1 aromatic rings. The van der Waals surface area contributed by atoms with Gasteiger partial charge in [0.1, 0.15) is 0 Å². The number of ether oxygens (including phenoxy) is 1. The maximum Gasteiger partial charge on any atom is 0.523 e. The van der Waals surface area contributed by atoms with Gasteiger partial charge in [0, 0.05) is 0 Å². The van der Waals surface area contributed by atoms with Gasteiger partial charge in [-0.05, 0) is 17.4 Å². The van der Waals surface area contributed by atoms with Crippen molar-refractivity contribution in [2.75, 3.05) is 0 Å². The number of hydrogen-bond donors (Lipinski definition) is 2. The first-order valence-electron chi connectivity index (χ1n) is 7.18. The number of halogens is 3. The van der Waals surface area contributed by atoms with Crippen molar-refractivity contribution in [1.82, 2.24) is 0 Å². The van der Waals surface area contributed by atoms with E-state index in [0.29, 0.717) is 0 Å². The van der Waals surface area contributed by atoms with Gasteiger partial charge in [0.25, 0.3) is 0 Å². The molecule has 0 aliphatic heterocycles. The number of aliphatic hydroxyl groups is 1. The van der Waals surface area contributed by atoms with Crippen molar-refractivity contribution in [2.45, 2.75) is 45.8 Å². The first kappa shape index (κ1) is 19.4. The van der Waals surface area contributed by atoms with Crippen LogP contribution in [0.15, 0.2) is 30.3 Å². The van der Waals surface area contributed by atoms with E-state index in [4.69, 9.17) is 5.73 Å². The molecule has 0 aromatic heterocycles. The molecule has 0 fully saturated rings. The minimum atomic E-state index is -4.87. The van der Waals surface area contributed by atoms with E-state index in [1.807, 2.05) is 0 Å². The van der Waals surface area contributed by atoms with E-state index in [2.05, 4.69) is 4.74 Å². The van der Waals surface area contributed by atoms with Crippen LogP contribution in [0.2, 0.25) is 0 Å². The van der Waals surface area contributed by atoms with Crippen molar-refractivity contribution in [3.05, 3.63) is 35.9 Å². The second-order valence-corrected chi connectivity index (χ2v) is 6.52. The monoisotopic (exact) mass is 333 g/mol. The van der Waals surface area contributed by atoms with E-state index in [1.165, 1.54) is 12.1 Å². The molecule has 0 heterocycles. The number of hydrogen-bond acceptors (Lipinski definition) is 3. The lowest BCUT2D eigenvalue weighted by atomic mass is 9.78. The topological polar surface area (TPSA) is 72.6 Å². The Morgan fingerprint density at radius 3 is 2.13 bits per heavy atom. The van der Waals surface area contributed by atoms with Crippen LogP contribution in [0.5, 0.6) is 0 Å². The van der Waals surface area contributed by atoms with Crippen LogP contribution in [-0.4, -0.2) is 23.5 Å².